The van der Waals surface area contributed by atoms with Crippen LogP contribution in [0.1, 0.15) is 11.1 Å². The number of hydrogen-bond acceptors (Lipinski definition) is 9. The third kappa shape index (κ3) is 12.1. The van der Waals surface area contributed by atoms with Gasteiger partial charge in [-0.15, -0.1) is 0 Å². The average molecular weight is 485 g/mol. The van der Waals surface area contributed by atoms with Crippen LogP contribution < -0.4 is 0 Å². The van der Waals surface area contributed by atoms with Crippen LogP contribution in [-0.4, -0.2) is 48.9 Å². The van der Waals surface area contributed by atoms with Crippen molar-refractivity contribution in [1.29, 1.82) is 15.8 Å². The van der Waals surface area contributed by atoms with Crippen LogP contribution >= 0.6 is 0 Å². The Kier molecular flexibility index (Phi) is 13.0. The molecule has 0 saturated heterocycles. The molecule has 0 aliphatic carbocycles. The van der Waals surface area contributed by atoms with Crippen molar-refractivity contribution in [1.82, 2.24) is 9.80 Å². The molecule has 0 N–H and O–H groups in total. The number of hydrogen-bond donors (Lipinski definition) is 0. The quantitative estimate of drug-likeness (QED) is 0.190. The van der Waals surface area contributed by atoms with E-state index in [0.717, 1.165) is 11.1 Å². The van der Waals surface area contributed by atoms with Crippen LogP contribution in [0.5, 0.6) is 0 Å². The van der Waals surface area contributed by atoms with Gasteiger partial charge in [0.25, 0.3) is 5.70 Å². The molecule has 36 heavy (non-hydrogen) atoms. The zero-order valence-corrected chi connectivity index (χ0v) is 19.9. The summed E-state index contributed by atoms with van der Waals surface area (Å²) in [6, 6.07) is 12.3. The van der Waals surface area contributed by atoms with Gasteiger partial charge >= 0.3 is 11.9 Å². The molecule has 0 heterocycles. The zero-order chi connectivity index (χ0) is 26.8. The monoisotopic (exact) mass is 484 g/mol. The van der Waals surface area contributed by atoms with Gasteiger partial charge in [-0.05, 0) is 41.8 Å². The number of carbonyl (C=O) groups excluding carboxylic acids is 2. The molecule has 0 atom stereocenters. The van der Waals surface area contributed by atoms with Gasteiger partial charge in [0.1, 0.15) is 44.0 Å². The predicted molar refractivity (Wildman–Crippen MR) is 129 cm³/mol. The lowest BCUT2D eigenvalue weighted by molar-refractivity contribution is -0.146. The molecular weight excluding hydrogens is 460 g/mol. The summed E-state index contributed by atoms with van der Waals surface area (Å²) >= 11 is 0. The summed E-state index contributed by atoms with van der Waals surface area (Å²) in [6.07, 6.45) is 8.81. The molecule has 0 aliphatic rings. The van der Waals surface area contributed by atoms with Gasteiger partial charge in [-0.3, -0.25) is 9.59 Å². The van der Waals surface area contributed by atoms with Crippen LogP contribution in [0.3, 0.4) is 0 Å². The minimum Gasteiger partial charge on any atom is -0.459 e. The van der Waals surface area contributed by atoms with Crippen LogP contribution in [0.2, 0.25) is 0 Å². The van der Waals surface area contributed by atoms with Gasteiger partial charge in [0.2, 0.25) is 0 Å². The highest BCUT2D eigenvalue weighted by Gasteiger charge is 2.07. The number of allylic oxidation sites excluding steroid dienone is 6. The number of esters is 2. The number of ether oxygens (including phenoxy) is 2. The Labute approximate surface area is 210 Å². The van der Waals surface area contributed by atoms with Crippen molar-refractivity contribution in [3.63, 3.8) is 0 Å². The molecule has 0 aromatic heterocycles. The van der Waals surface area contributed by atoms with Gasteiger partial charge in [0.05, 0.1) is 12.6 Å². The van der Waals surface area contributed by atoms with E-state index in [4.69, 9.17) is 31.8 Å². The number of rotatable bonds is 12. The number of nitriles is 3. The molecule has 1 aromatic carbocycles. The van der Waals surface area contributed by atoms with Gasteiger partial charge in [0.15, 0.2) is 0 Å². The van der Waals surface area contributed by atoms with Crippen LogP contribution in [0.15, 0.2) is 72.2 Å². The molecule has 0 spiro atoms. The molecule has 0 bridgehead atoms. The van der Waals surface area contributed by atoms with E-state index in [9.17, 15) is 9.59 Å². The first-order valence-corrected chi connectivity index (χ1v) is 10.5. The molecule has 1 aromatic rings. The lowest BCUT2D eigenvalue weighted by atomic mass is 10.1. The summed E-state index contributed by atoms with van der Waals surface area (Å²) in [6.45, 7) is 6.93. The maximum Gasteiger partial charge on any atom is 0.325 e. The first-order valence-electron chi connectivity index (χ1n) is 10.5. The maximum atomic E-state index is 12.0. The van der Waals surface area contributed by atoms with E-state index < -0.39 is 11.9 Å². The Morgan fingerprint density at radius 1 is 0.861 bits per heavy atom. The SMILES string of the molecule is [C-]#[N+]/C(C#N)=C/C=C/N(C)CC(=O)OCc1ccc(COC(=O)CN(C)/C=C/C=C(C#N)C#N)cc1. The first kappa shape index (κ1) is 28.7. The average Bonchev–Trinajstić information content (AvgIpc) is 2.87. The highest BCUT2D eigenvalue weighted by atomic mass is 16.5. The molecule has 0 fully saturated rings. The Morgan fingerprint density at radius 3 is 1.69 bits per heavy atom. The van der Waals surface area contributed by atoms with E-state index in [1.807, 2.05) is 0 Å². The highest BCUT2D eigenvalue weighted by Crippen LogP contribution is 2.08. The van der Waals surface area contributed by atoms with Crippen molar-refractivity contribution in [3.8, 4) is 18.2 Å². The smallest absolute Gasteiger partial charge is 0.325 e. The molecule has 1 rings (SSSR count). The van der Waals surface area contributed by atoms with Gasteiger partial charge < -0.3 is 19.3 Å². The Bertz CT molecular complexity index is 1070. The van der Waals surface area contributed by atoms with Crippen molar-refractivity contribution in [2.45, 2.75) is 13.2 Å². The summed E-state index contributed by atoms with van der Waals surface area (Å²) in [5, 5.41) is 26.0. The fourth-order valence-electron chi connectivity index (χ4n) is 2.43. The molecule has 182 valence electrons. The molecule has 0 unspecified atom stereocenters. The number of nitrogens with zero attached hydrogens (tertiary/aromatic N) is 6. The van der Waals surface area contributed by atoms with E-state index in [-0.39, 0.29) is 37.6 Å². The number of carbonyl (C=O) groups is 2. The fourth-order valence-corrected chi connectivity index (χ4v) is 2.43. The second kappa shape index (κ2) is 16.3. The van der Waals surface area contributed by atoms with Gasteiger partial charge in [-0.25, -0.2) is 10.1 Å². The summed E-state index contributed by atoms with van der Waals surface area (Å²) in [5.74, 6) is -0.892. The number of likely N-dealkylation sites (N-methyl/N-ethyl adjacent to an activating group) is 2. The lowest BCUT2D eigenvalue weighted by Gasteiger charge is -2.13. The summed E-state index contributed by atoms with van der Waals surface area (Å²) in [4.78, 5) is 30.1. The predicted octanol–water partition coefficient (Wildman–Crippen LogP) is 2.96. The molecule has 10 nitrogen and oxygen atoms in total. The minimum atomic E-state index is -0.448. The second-order valence-electron chi connectivity index (χ2n) is 7.23. The largest absolute Gasteiger partial charge is 0.459 e. The summed E-state index contributed by atoms with van der Waals surface area (Å²) < 4.78 is 10.5. The molecule has 0 saturated carbocycles. The Hall–Kier alpha value is -5.32. The van der Waals surface area contributed by atoms with Crippen molar-refractivity contribution in [2.75, 3.05) is 27.2 Å². The molecular formula is C26H24N6O4. The van der Waals surface area contributed by atoms with Crippen molar-refractivity contribution in [2.24, 2.45) is 0 Å². The Morgan fingerprint density at radius 2 is 1.31 bits per heavy atom. The molecule has 10 heteroatoms. The van der Waals surface area contributed by atoms with Crippen LogP contribution in [-0.2, 0) is 32.3 Å². The minimum absolute atomic E-state index is 0.00396. The van der Waals surface area contributed by atoms with Crippen LogP contribution in [0.25, 0.3) is 4.85 Å². The third-order valence-corrected chi connectivity index (χ3v) is 4.25. The number of benzene rings is 1. The normalized spacial score (nSPS) is 10.4. The zero-order valence-electron chi connectivity index (χ0n) is 19.9. The van der Waals surface area contributed by atoms with Gasteiger partial charge in [-0.1, -0.05) is 30.3 Å². The van der Waals surface area contributed by atoms with E-state index in [1.165, 1.54) is 24.3 Å². The molecule has 0 aliphatic heterocycles. The van der Waals surface area contributed by atoms with Crippen LogP contribution in [0, 0.1) is 40.6 Å². The fraction of sp³-hybridized carbons (Fsp3) is 0.231. The van der Waals surface area contributed by atoms with Crippen molar-refractivity contribution >= 4 is 11.9 Å². The molecule has 0 radical (unpaired) electrons. The first-order chi connectivity index (χ1) is 17.3. The highest BCUT2D eigenvalue weighted by molar-refractivity contribution is 5.72. The van der Waals surface area contributed by atoms with Gasteiger partial charge in [0, 0.05) is 14.1 Å². The van der Waals surface area contributed by atoms with E-state index in [2.05, 4.69) is 4.85 Å². The lowest BCUT2D eigenvalue weighted by Crippen LogP contribution is -2.23. The topological polar surface area (TPSA) is 135 Å². The van der Waals surface area contributed by atoms with Crippen LogP contribution in [0.4, 0.5) is 0 Å². The summed E-state index contributed by atoms with van der Waals surface area (Å²) in [5.41, 5.74) is 1.44. The molecule has 0 amide bonds. The maximum absolute atomic E-state index is 12.0. The van der Waals surface area contributed by atoms with Crippen molar-refractivity contribution in [3.05, 3.63) is 94.8 Å². The second-order valence-corrected chi connectivity index (χ2v) is 7.23. The standard InChI is InChI=1S/C26H24N6O4/c1-30-24(16-29)7-5-13-32(3)18-26(34)36-20-22-10-8-21(9-11-22)19-35-25(33)17-31(2)12-4-6-23(14-27)15-28/h4-13H,17-20H2,2-3H3/b12-4+,13-5+,24-7+. The third-order valence-electron chi connectivity index (χ3n) is 4.25. The Balaban J connectivity index is 2.42. The van der Waals surface area contributed by atoms with E-state index >= 15 is 0 Å². The van der Waals surface area contributed by atoms with E-state index in [0.29, 0.717) is 0 Å². The van der Waals surface area contributed by atoms with Gasteiger partial charge in [-0.2, -0.15) is 10.5 Å². The van der Waals surface area contributed by atoms with Crippen molar-refractivity contribution < 1.29 is 19.1 Å². The summed E-state index contributed by atoms with van der Waals surface area (Å²) in [7, 11) is 3.32. The van der Waals surface area contributed by atoms with E-state index in [1.54, 1.807) is 78.8 Å².